The van der Waals surface area contributed by atoms with Crippen molar-refractivity contribution in [1.29, 1.82) is 0 Å². The zero-order valence-electron chi connectivity index (χ0n) is 17.5. The number of β-amino-alcohol motifs (C(OH)–C–C–N with tert-alkyl or cyclic N) is 1. The minimum absolute atomic E-state index is 0.0943. The Bertz CT molecular complexity index is 771. The number of anilines is 1. The number of hydrogen-bond acceptors (Lipinski definition) is 7. The SMILES string of the molecule is CNc1cccc(C2CC(=O)C(=CNCCN3CCN(CCO)CC3)C(=O)C2)c1Br. The molecule has 0 amide bonds. The molecule has 1 aliphatic heterocycles. The largest absolute Gasteiger partial charge is 0.395 e. The molecule has 1 aliphatic carbocycles. The van der Waals surface area contributed by atoms with Gasteiger partial charge in [0.1, 0.15) is 0 Å². The van der Waals surface area contributed by atoms with Crippen LogP contribution in [0, 0.1) is 0 Å². The average molecular weight is 479 g/mol. The summed E-state index contributed by atoms with van der Waals surface area (Å²) in [6, 6.07) is 5.88. The van der Waals surface area contributed by atoms with Gasteiger partial charge < -0.3 is 15.7 Å². The monoisotopic (exact) mass is 478 g/mol. The number of hydrogen-bond donors (Lipinski definition) is 3. The molecule has 1 aromatic carbocycles. The zero-order chi connectivity index (χ0) is 21.5. The van der Waals surface area contributed by atoms with Crippen molar-refractivity contribution in [3.8, 4) is 0 Å². The molecule has 8 heteroatoms. The van der Waals surface area contributed by atoms with Crippen molar-refractivity contribution in [2.75, 3.05) is 64.8 Å². The van der Waals surface area contributed by atoms with Crippen LogP contribution in [0.4, 0.5) is 5.69 Å². The maximum atomic E-state index is 12.7. The van der Waals surface area contributed by atoms with E-state index < -0.39 is 0 Å². The number of nitrogens with zero attached hydrogens (tertiary/aromatic N) is 2. The lowest BCUT2D eigenvalue weighted by Gasteiger charge is -2.34. The number of nitrogens with one attached hydrogen (secondary N) is 2. The number of rotatable bonds is 8. The van der Waals surface area contributed by atoms with Crippen LogP contribution in [0.5, 0.6) is 0 Å². The molecule has 1 saturated heterocycles. The second kappa shape index (κ2) is 11.0. The lowest BCUT2D eigenvalue weighted by molar-refractivity contribution is -0.124. The van der Waals surface area contributed by atoms with Crippen molar-refractivity contribution >= 4 is 33.2 Å². The zero-order valence-corrected chi connectivity index (χ0v) is 19.1. The van der Waals surface area contributed by atoms with Crippen LogP contribution in [-0.2, 0) is 9.59 Å². The third-order valence-electron chi connectivity index (χ3n) is 5.90. The van der Waals surface area contributed by atoms with E-state index >= 15 is 0 Å². The van der Waals surface area contributed by atoms with Gasteiger partial charge in [-0.3, -0.25) is 19.4 Å². The first-order chi connectivity index (χ1) is 14.5. The predicted molar refractivity (Wildman–Crippen MR) is 122 cm³/mol. The molecule has 0 radical (unpaired) electrons. The number of aliphatic hydroxyl groups is 1. The number of aliphatic hydroxyl groups excluding tert-OH is 1. The van der Waals surface area contributed by atoms with Crippen molar-refractivity contribution in [2.45, 2.75) is 18.8 Å². The Labute approximate surface area is 186 Å². The van der Waals surface area contributed by atoms with Crippen molar-refractivity contribution in [3.05, 3.63) is 40.0 Å². The van der Waals surface area contributed by atoms with Crippen molar-refractivity contribution in [1.82, 2.24) is 15.1 Å². The van der Waals surface area contributed by atoms with Gasteiger partial charge in [0.25, 0.3) is 0 Å². The fourth-order valence-corrected chi connectivity index (χ4v) is 4.90. The van der Waals surface area contributed by atoms with E-state index in [0.29, 0.717) is 25.0 Å². The third-order valence-corrected chi connectivity index (χ3v) is 6.79. The van der Waals surface area contributed by atoms with Crippen molar-refractivity contribution in [2.24, 2.45) is 0 Å². The molecule has 1 saturated carbocycles. The van der Waals surface area contributed by atoms with E-state index in [4.69, 9.17) is 5.11 Å². The highest BCUT2D eigenvalue weighted by atomic mass is 79.9. The maximum absolute atomic E-state index is 12.7. The number of piperazine rings is 1. The highest BCUT2D eigenvalue weighted by Crippen LogP contribution is 2.38. The molecule has 2 aliphatic rings. The van der Waals surface area contributed by atoms with Crippen LogP contribution >= 0.6 is 15.9 Å². The topological polar surface area (TPSA) is 84.9 Å². The molecule has 0 aromatic heterocycles. The first kappa shape index (κ1) is 22.9. The van der Waals surface area contributed by atoms with E-state index in [1.165, 1.54) is 0 Å². The van der Waals surface area contributed by atoms with Gasteiger partial charge in [0, 0.05) is 82.1 Å². The fraction of sp³-hybridized carbons (Fsp3) is 0.545. The quantitative estimate of drug-likeness (QED) is 0.297. The number of Topliss-reactive ketones (excluding diaryl/α,β-unsaturated/α-hetero) is 2. The van der Waals surface area contributed by atoms with E-state index in [9.17, 15) is 9.59 Å². The summed E-state index contributed by atoms with van der Waals surface area (Å²) in [6.45, 7) is 6.37. The van der Waals surface area contributed by atoms with Gasteiger partial charge in [0.2, 0.25) is 0 Å². The summed E-state index contributed by atoms with van der Waals surface area (Å²) in [4.78, 5) is 29.9. The standard InChI is InChI=1S/C22H31BrN4O3/c1-24-19-4-2-3-17(22(19)23)16-13-20(29)18(21(30)14-16)15-25-5-6-26-7-9-27(10-8-26)11-12-28/h2-4,15-16,24-25,28H,5-14H2,1H3. The van der Waals surface area contributed by atoms with Gasteiger partial charge in [-0.1, -0.05) is 12.1 Å². The van der Waals surface area contributed by atoms with E-state index in [1.807, 2.05) is 25.2 Å². The average Bonchev–Trinajstić information content (AvgIpc) is 2.74. The minimum atomic E-state index is -0.0972. The first-order valence-corrected chi connectivity index (χ1v) is 11.3. The highest BCUT2D eigenvalue weighted by Gasteiger charge is 2.32. The Morgan fingerprint density at radius 3 is 2.33 bits per heavy atom. The Morgan fingerprint density at radius 1 is 1.10 bits per heavy atom. The number of allylic oxidation sites excluding steroid dienone is 1. The molecule has 1 heterocycles. The second-order valence-corrected chi connectivity index (χ2v) is 8.62. The summed E-state index contributed by atoms with van der Waals surface area (Å²) in [5.74, 6) is -0.286. The number of benzene rings is 1. The second-order valence-electron chi connectivity index (χ2n) is 7.83. The van der Waals surface area contributed by atoms with E-state index in [2.05, 4.69) is 36.4 Å². The molecule has 3 rings (SSSR count). The van der Waals surface area contributed by atoms with Gasteiger partial charge in [-0.15, -0.1) is 0 Å². The van der Waals surface area contributed by atoms with Crippen LogP contribution in [0.25, 0.3) is 0 Å². The van der Waals surface area contributed by atoms with E-state index in [-0.39, 0.29) is 24.1 Å². The van der Waals surface area contributed by atoms with Crippen LogP contribution in [0.15, 0.2) is 34.4 Å². The lowest BCUT2D eigenvalue weighted by Crippen LogP contribution is -2.48. The molecule has 0 unspecified atom stereocenters. The van der Waals surface area contributed by atoms with Crippen molar-refractivity contribution < 1.29 is 14.7 Å². The van der Waals surface area contributed by atoms with Crippen LogP contribution in [0.3, 0.4) is 0 Å². The molecule has 0 atom stereocenters. The van der Waals surface area contributed by atoms with Gasteiger partial charge >= 0.3 is 0 Å². The summed E-state index contributed by atoms with van der Waals surface area (Å²) in [7, 11) is 1.85. The molecule has 164 valence electrons. The summed E-state index contributed by atoms with van der Waals surface area (Å²) >= 11 is 3.60. The fourth-order valence-electron chi connectivity index (χ4n) is 4.11. The summed E-state index contributed by atoms with van der Waals surface area (Å²) in [6.07, 6.45) is 2.30. The molecule has 0 bridgehead atoms. The van der Waals surface area contributed by atoms with E-state index in [1.54, 1.807) is 6.20 Å². The highest BCUT2D eigenvalue weighted by molar-refractivity contribution is 9.10. The molecule has 0 spiro atoms. The van der Waals surface area contributed by atoms with Gasteiger partial charge in [0.05, 0.1) is 12.2 Å². The van der Waals surface area contributed by atoms with E-state index in [0.717, 1.165) is 55.0 Å². The molecule has 7 nitrogen and oxygen atoms in total. The normalized spacial score (nSPS) is 21.0. The van der Waals surface area contributed by atoms with Gasteiger partial charge in [-0.2, -0.15) is 0 Å². The number of carbonyl (C=O) groups excluding carboxylic acids is 2. The molecule has 30 heavy (non-hydrogen) atoms. The van der Waals surface area contributed by atoms with Gasteiger partial charge in [-0.25, -0.2) is 0 Å². The van der Waals surface area contributed by atoms with Crippen molar-refractivity contribution in [3.63, 3.8) is 0 Å². The molecule has 2 fully saturated rings. The first-order valence-electron chi connectivity index (χ1n) is 10.5. The molecule has 1 aromatic rings. The Kier molecular flexibility index (Phi) is 8.44. The Balaban J connectivity index is 1.50. The van der Waals surface area contributed by atoms with Crippen LogP contribution in [0.1, 0.15) is 24.3 Å². The van der Waals surface area contributed by atoms with Gasteiger partial charge in [-0.05, 0) is 33.5 Å². The number of carbonyl (C=O) groups is 2. The molecular weight excluding hydrogens is 448 g/mol. The van der Waals surface area contributed by atoms with Crippen LogP contribution < -0.4 is 10.6 Å². The smallest absolute Gasteiger partial charge is 0.168 e. The number of halogens is 1. The summed E-state index contributed by atoms with van der Waals surface area (Å²) < 4.78 is 0.919. The minimum Gasteiger partial charge on any atom is -0.395 e. The third kappa shape index (κ3) is 5.69. The number of ketones is 2. The van der Waals surface area contributed by atoms with Crippen LogP contribution in [0.2, 0.25) is 0 Å². The summed E-state index contributed by atoms with van der Waals surface area (Å²) in [5.41, 5.74) is 2.24. The Hall–Kier alpha value is -1.74. The molecular formula is C22H31BrN4O3. The maximum Gasteiger partial charge on any atom is 0.168 e. The lowest BCUT2D eigenvalue weighted by atomic mass is 9.80. The van der Waals surface area contributed by atoms with Gasteiger partial charge in [0.15, 0.2) is 11.6 Å². The predicted octanol–water partition coefficient (Wildman–Crippen LogP) is 1.59. The Morgan fingerprint density at radius 2 is 1.73 bits per heavy atom. The van der Waals surface area contributed by atoms with Crippen LogP contribution in [-0.4, -0.2) is 85.9 Å². The molecule has 3 N–H and O–H groups in total. The summed E-state index contributed by atoms with van der Waals surface area (Å²) in [5, 5.41) is 15.3.